The highest BCUT2D eigenvalue weighted by Gasteiger charge is 2.08. The second kappa shape index (κ2) is 5.39. The number of hydrogen-bond acceptors (Lipinski definition) is 4. The number of nitro benzene ring substituents is 1. The number of nitrogens with one attached hydrogen (secondary N) is 1. The van der Waals surface area contributed by atoms with Gasteiger partial charge >= 0.3 is 0 Å². The molecular formula is C14H15N3O2. The Balaban J connectivity index is 2.13. The average molecular weight is 257 g/mol. The van der Waals surface area contributed by atoms with Gasteiger partial charge in [-0.15, -0.1) is 0 Å². The van der Waals surface area contributed by atoms with Crippen LogP contribution < -0.4 is 11.1 Å². The lowest BCUT2D eigenvalue weighted by molar-refractivity contribution is -0.384. The van der Waals surface area contributed by atoms with Crippen LogP contribution in [0.15, 0.2) is 42.5 Å². The molecule has 0 radical (unpaired) electrons. The van der Waals surface area contributed by atoms with Gasteiger partial charge in [0.05, 0.1) is 4.92 Å². The van der Waals surface area contributed by atoms with Crippen molar-refractivity contribution in [2.45, 2.75) is 13.5 Å². The third-order valence-corrected chi connectivity index (χ3v) is 2.73. The van der Waals surface area contributed by atoms with E-state index < -0.39 is 4.92 Å². The third-order valence-electron chi connectivity index (χ3n) is 2.73. The molecule has 0 aliphatic carbocycles. The van der Waals surface area contributed by atoms with E-state index >= 15 is 0 Å². The smallest absolute Gasteiger partial charge is 0.273 e. The fourth-order valence-corrected chi connectivity index (χ4v) is 1.87. The number of rotatable bonds is 4. The zero-order valence-corrected chi connectivity index (χ0v) is 10.6. The van der Waals surface area contributed by atoms with Gasteiger partial charge in [-0.05, 0) is 18.6 Å². The van der Waals surface area contributed by atoms with E-state index in [0.29, 0.717) is 17.9 Å². The van der Waals surface area contributed by atoms with Gasteiger partial charge in [-0.2, -0.15) is 0 Å². The molecular weight excluding hydrogens is 242 g/mol. The first-order valence-corrected chi connectivity index (χ1v) is 5.89. The van der Waals surface area contributed by atoms with Crippen LogP contribution in [0.1, 0.15) is 11.1 Å². The normalized spacial score (nSPS) is 10.2. The highest BCUT2D eigenvalue weighted by atomic mass is 16.6. The van der Waals surface area contributed by atoms with Crippen molar-refractivity contribution in [1.29, 1.82) is 0 Å². The summed E-state index contributed by atoms with van der Waals surface area (Å²) in [6.07, 6.45) is 0. The molecule has 0 atom stereocenters. The molecule has 0 amide bonds. The van der Waals surface area contributed by atoms with Crippen molar-refractivity contribution >= 4 is 17.1 Å². The van der Waals surface area contributed by atoms with Crippen LogP contribution in [0, 0.1) is 17.0 Å². The van der Waals surface area contributed by atoms with Gasteiger partial charge in [0.1, 0.15) is 0 Å². The molecule has 0 heterocycles. The van der Waals surface area contributed by atoms with E-state index in [4.69, 9.17) is 5.73 Å². The second-order valence-electron chi connectivity index (χ2n) is 4.41. The van der Waals surface area contributed by atoms with Crippen molar-refractivity contribution in [3.05, 3.63) is 63.7 Å². The predicted molar refractivity (Wildman–Crippen MR) is 76.0 cm³/mol. The van der Waals surface area contributed by atoms with Gasteiger partial charge in [0, 0.05) is 30.1 Å². The van der Waals surface area contributed by atoms with E-state index in [-0.39, 0.29) is 5.69 Å². The van der Waals surface area contributed by atoms with Gasteiger partial charge in [0.15, 0.2) is 0 Å². The fourth-order valence-electron chi connectivity index (χ4n) is 1.87. The lowest BCUT2D eigenvalue weighted by Gasteiger charge is -2.08. The topological polar surface area (TPSA) is 81.2 Å². The molecule has 5 heteroatoms. The van der Waals surface area contributed by atoms with Gasteiger partial charge in [0.25, 0.3) is 5.69 Å². The summed E-state index contributed by atoms with van der Waals surface area (Å²) in [4.78, 5) is 10.3. The zero-order valence-electron chi connectivity index (χ0n) is 10.6. The number of non-ortho nitro benzene ring substituents is 1. The summed E-state index contributed by atoms with van der Waals surface area (Å²) in [5.74, 6) is 0. The molecule has 2 aromatic rings. The highest BCUT2D eigenvalue weighted by molar-refractivity contribution is 5.61. The number of nitrogen functional groups attached to an aromatic ring is 1. The molecule has 0 aliphatic heterocycles. The summed E-state index contributed by atoms with van der Waals surface area (Å²) >= 11 is 0. The standard InChI is InChI=1S/C14H15N3O2/c1-10-3-2-4-11(5-10)9-16-13-6-12(15)7-14(8-13)17(18)19/h2-8,16H,9,15H2,1H3. The van der Waals surface area contributed by atoms with Crippen molar-refractivity contribution < 1.29 is 4.92 Å². The van der Waals surface area contributed by atoms with E-state index in [2.05, 4.69) is 11.4 Å². The molecule has 5 nitrogen and oxygen atoms in total. The quantitative estimate of drug-likeness (QED) is 0.501. The van der Waals surface area contributed by atoms with Crippen LogP contribution in [-0.2, 0) is 6.54 Å². The summed E-state index contributed by atoms with van der Waals surface area (Å²) in [6.45, 7) is 2.62. The SMILES string of the molecule is Cc1cccc(CNc2cc(N)cc([N+](=O)[O-])c2)c1. The van der Waals surface area contributed by atoms with E-state index in [1.165, 1.54) is 17.7 Å². The molecule has 3 N–H and O–H groups in total. The molecule has 0 saturated heterocycles. The minimum Gasteiger partial charge on any atom is -0.398 e. The molecule has 0 unspecified atom stereocenters. The number of nitrogens with zero attached hydrogens (tertiary/aromatic N) is 1. The molecule has 19 heavy (non-hydrogen) atoms. The van der Waals surface area contributed by atoms with Crippen LogP contribution in [0.3, 0.4) is 0 Å². The number of aryl methyl sites for hydroxylation is 1. The first-order valence-electron chi connectivity index (χ1n) is 5.89. The second-order valence-corrected chi connectivity index (χ2v) is 4.41. The van der Waals surface area contributed by atoms with Gasteiger partial charge < -0.3 is 11.1 Å². The van der Waals surface area contributed by atoms with E-state index in [1.54, 1.807) is 6.07 Å². The highest BCUT2D eigenvalue weighted by Crippen LogP contribution is 2.22. The maximum Gasteiger partial charge on any atom is 0.273 e. The molecule has 0 bridgehead atoms. The van der Waals surface area contributed by atoms with Crippen molar-refractivity contribution in [2.24, 2.45) is 0 Å². The number of hydrogen-bond donors (Lipinski definition) is 2. The number of nitro groups is 1. The Kier molecular flexibility index (Phi) is 3.66. The van der Waals surface area contributed by atoms with Crippen LogP contribution in [0.25, 0.3) is 0 Å². The van der Waals surface area contributed by atoms with Crippen LogP contribution >= 0.6 is 0 Å². The largest absolute Gasteiger partial charge is 0.398 e. The summed E-state index contributed by atoms with van der Waals surface area (Å²) in [6, 6.07) is 12.6. The Hall–Kier alpha value is -2.56. The minimum absolute atomic E-state index is 0.00765. The number of nitrogens with two attached hydrogens (primary N) is 1. The van der Waals surface area contributed by atoms with Crippen molar-refractivity contribution in [2.75, 3.05) is 11.1 Å². The monoisotopic (exact) mass is 257 g/mol. The maximum absolute atomic E-state index is 10.7. The molecule has 0 aromatic heterocycles. The lowest BCUT2D eigenvalue weighted by Crippen LogP contribution is -2.01. The van der Waals surface area contributed by atoms with Crippen LogP contribution in [-0.4, -0.2) is 4.92 Å². The summed E-state index contributed by atoms with van der Waals surface area (Å²) in [5.41, 5.74) is 8.95. The van der Waals surface area contributed by atoms with Crippen LogP contribution in [0.5, 0.6) is 0 Å². The molecule has 0 spiro atoms. The Morgan fingerprint density at radius 2 is 2.05 bits per heavy atom. The van der Waals surface area contributed by atoms with Crippen LogP contribution in [0.2, 0.25) is 0 Å². The molecule has 0 fully saturated rings. The van der Waals surface area contributed by atoms with Gasteiger partial charge in [-0.3, -0.25) is 10.1 Å². The Morgan fingerprint density at radius 1 is 1.26 bits per heavy atom. The summed E-state index contributed by atoms with van der Waals surface area (Å²) in [7, 11) is 0. The first-order chi connectivity index (χ1) is 9.04. The Morgan fingerprint density at radius 3 is 2.74 bits per heavy atom. The summed E-state index contributed by atoms with van der Waals surface area (Å²) in [5, 5.41) is 13.9. The molecule has 0 aliphatic rings. The first kappa shape index (κ1) is 12.9. The molecule has 98 valence electrons. The molecule has 0 saturated carbocycles. The average Bonchev–Trinajstić information content (AvgIpc) is 2.36. The van der Waals surface area contributed by atoms with Crippen molar-refractivity contribution in [1.82, 2.24) is 0 Å². The van der Waals surface area contributed by atoms with E-state index in [1.807, 2.05) is 25.1 Å². The minimum atomic E-state index is -0.450. The predicted octanol–water partition coefficient (Wildman–Crippen LogP) is 3.10. The van der Waals surface area contributed by atoms with Crippen molar-refractivity contribution in [3.63, 3.8) is 0 Å². The van der Waals surface area contributed by atoms with Gasteiger partial charge in [0.2, 0.25) is 0 Å². The molecule has 2 aromatic carbocycles. The third kappa shape index (κ3) is 3.45. The van der Waals surface area contributed by atoms with Crippen molar-refractivity contribution in [3.8, 4) is 0 Å². The number of anilines is 2. The van der Waals surface area contributed by atoms with E-state index in [9.17, 15) is 10.1 Å². The van der Waals surface area contributed by atoms with Crippen LogP contribution in [0.4, 0.5) is 17.1 Å². The Bertz CT molecular complexity index is 611. The Labute approximate surface area is 111 Å². The zero-order chi connectivity index (χ0) is 13.8. The fraction of sp³-hybridized carbons (Fsp3) is 0.143. The van der Waals surface area contributed by atoms with Gasteiger partial charge in [-0.25, -0.2) is 0 Å². The number of benzene rings is 2. The molecule has 2 rings (SSSR count). The maximum atomic E-state index is 10.7. The van der Waals surface area contributed by atoms with E-state index in [0.717, 1.165) is 5.56 Å². The van der Waals surface area contributed by atoms with Gasteiger partial charge in [-0.1, -0.05) is 29.8 Å². The lowest BCUT2D eigenvalue weighted by atomic mass is 10.1. The summed E-state index contributed by atoms with van der Waals surface area (Å²) < 4.78 is 0.